The molecule has 5 aliphatic carbocycles. The summed E-state index contributed by atoms with van der Waals surface area (Å²) in [6.45, 7) is 13.0. The van der Waals surface area contributed by atoms with Gasteiger partial charge in [0, 0.05) is 10.8 Å². The maximum atomic E-state index is 12.9. The number of aliphatic carboxylic acids is 2. The maximum Gasteiger partial charge on any atom is 0.335 e. The Morgan fingerprint density at radius 3 is 1.93 bits per heavy atom. The van der Waals surface area contributed by atoms with Gasteiger partial charge in [-0.25, -0.2) is 4.79 Å². The summed E-state index contributed by atoms with van der Waals surface area (Å²) in [7, 11) is 0. The number of aliphatic hydroxyl groups is 10. The van der Waals surface area contributed by atoms with Crippen molar-refractivity contribution in [1.82, 2.24) is 0 Å². The van der Waals surface area contributed by atoms with Crippen molar-refractivity contribution < 1.29 is 99.3 Å². The molecule has 4 saturated carbocycles. The lowest BCUT2D eigenvalue weighted by Gasteiger charge is -2.71. The fourth-order valence-corrected chi connectivity index (χ4v) is 15.1. The van der Waals surface area contributed by atoms with Crippen molar-refractivity contribution in [3.05, 3.63) is 11.6 Å². The Morgan fingerprint density at radius 2 is 1.29 bits per heavy atom. The second-order valence-electron chi connectivity index (χ2n) is 23.3. The van der Waals surface area contributed by atoms with Gasteiger partial charge in [0.15, 0.2) is 25.0 Å². The topological polar surface area (TPSA) is 332 Å². The second kappa shape index (κ2) is 18.2. The highest BCUT2D eigenvalue weighted by Gasteiger charge is 2.70. The molecule has 12 N–H and O–H groups in total. The molecule has 26 atom stereocenters. The summed E-state index contributed by atoms with van der Waals surface area (Å²) in [6.07, 6.45) is -20.5. The second-order valence-corrected chi connectivity index (χ2v) is 23.3. The van der Waals surface area contributed by atoms with E-state index in [0.717, 1.165) is 25.7 Å². The van der Waals surface area contributed by atoms with Crippen LogP contribution in [0.1, 0.15) is 106 Å². The Labute approximate surface area is 396 Å². The number of carboxylic acid groups (broad SMARTS) is 2. The number of carbonyl (C=O) groups is 2. The van der Waals surface area contributed by atoms with E-state index in [1.807, 2.05) is 6.92 Å². The molecule has 68 heavy (non-hydrogen) atoms. The van der Waals surface area contributed by atoms with Crippen molar-refractivity contribution in [2.24, 2.45) is 50.2 Å². The quantitative estimate of drug-likeness (QED) is 0.0994. The first kappa shape index (κ1) is 52.4. The molecule has 7 fully saturated rings. The fraction of sp³-hybridized carbons (Fsp3) is 0.917. The van der Waals surface area contributed by atoms with Gasteiger partial charge in [0.25, 0.3) is 0 Å². The molecule has 8 aliphatic rings. The molecule has 0 spiro atoms. The highest BCUT2D eigenvalue weighted by molar-refractivity contribution is 5.75. The van der Waals surface area contributed by atoms with Crippen LogP contribution >= 0.6 is 0 Å². The number of fused-ring (bicyclic) bond motifs is 7. The Hall–Kier alpha value is -1.96. The lowest BCUT2D eigenvalue weighted by Crippen LogP contribution is -2.68. The smallest absolute Gasteiger partial charge is 0.335 e. The minimum atomic E-state index is -2.06. The van der Waals surface area contributed by atoms with Gasteiger partial charge in [-0.15, -0.1) is 0 Å². The van der Waals surface area contributed by atoms with Crippen molar-refractivity contribution in [2.45, 2.75) is 211 Å². The van der Waals surface area contributed by atoms with Gasteiger partial charge in [0.05, 0.1) is 36.9 Å². The van der Waals surface area contributed by atoms with Crippen molar-refractivity contribution in [3.8, 4) is 0 Å². The summed E-state index contributed by atoms with van der Waals surface area (Å²) in [6, 6.07) is 0. The summed E-state index contributed by atoms with van der Waals surface area (Å²) >= 11 is 0. The average Bonchev–Trinajstić information content (AvgIpc) is 3.28. The first-order chi connectivity index (χ1) is 31.7. The summed E-state index contributed by atoms with van der Waals surface area (Å²) in [5.74, 6) is -2.61. The summed E-state index contributed by atoms with van der Waals surface area (Å²) < 4.78 is 35.3. The molecular formula is C48H76O20. The van der Waals surface area contributed by atoms with Gasteiger partial charge in [0.2, 0.25) is 0 Å². The van der Waals surface area contributed by atoms with E-state index >= 15 is 0 Å². The lowest BCUT2D eigenvalue weighted by molar-refractivity contribution is -0.388. The zero-order chi connectivity index (χ0) is 50.0. The number of hydrogen-bond acceptors (Lipinski definition) is 18. The van der Waals surface area contributed by atoms with E-state index < -0.39 is 139 Å². The van der Waals surface area contributed by atoms with Crippen LogP contribution in [0.15, 0.2) is 11.6 Å². The van der Waals surface area contributed by atoms with Crippen LogP contribution < -0.4 is 0 Å². The summed E-state index contributed by atoms with van der Waals surface area (Å²) in [4.78, 5) is 25.5. The Balaban J connectivity index is 1.01. The standard InChI is InChI=1S/C48H76O20/c1-20-28(52)30(54)33(57)39(63-20)67-36-31(55)29(53)23(18-49)64-41(36)66-35-32(56)34(58)40(68-37(35)38(59)60)65-27-11-12-45(4)24(46(27,5)19-50)10-13-48(7)25(45)9-8-21-22-16-43(2,42(61)62)17-26(51)44(22,3)14-15-47(21,48)6/h8,20,22-37,39-41,49-58H,9-19H2,1-7H3,(H,59,60)(H,61,62)/t20-,22-,23-,24+,25+,26+,27-,28-,29-,30+,31+,32-,33-,34-,35+,36-,37+,39+,40-,41+,43-,44+,45-,46+,47+,48+/m0/s1. The molecule has 20 nitrogen and oxygen atoms in total. The van der Waals surface area contributed by atoms with Crippen LogP contribution in [0.3, 0.4) is 0 Å². The van der Waals surface area contributed by atoms with Crippen molar-refractivity contribution in [3.63, 3.8) is 0 Å². The van der Waals surface area contributed by atoms with Gasteiger partial charge < -0.3 is 89.7 Å². The minimum absolute atomic E-state index is 0.0972. The molecule has 0 bridgehead atoms. The zero-order valence-corrected chi connectivity index (χ0v) is 40.0. The number of ether oxygens (including phenoxy) is 6. The van der Waals surface area contributed by atoms with E-state index in [1.165, 1.54) is 12.5 Å². The number of hydrogen-bond donors (Lipinski definition) is 12. The van der Waals surface area contributed by atoms with Crippen LogP contribution in [0.25, 0.3) is 0 Å². The van der Waals surface area contributed by atoms with E-state index in [1.54, 1.807) is 6.92 Å². The third-order valence-electron chi connectivity index (χ3n) is 19.8. The van der Waals surface area contributed by atoms with Crippen molar-refractivity contribution in [1.29, 1.82) is 0 Å². The zero-order valence-electron chi connectivity index (χ0n) is 40.0. The normalized spacial score (nSPS) is 56.0. The molecule has 0 aromatic heterocycles. The molecule has 3 heterocycles. The highest BCUT2D eigenvalue weighted by atomic mass is 16.8. The molecule has 3 aliphatic heterocycles. The number of carboxylic acids is 2. The van der Waals surface area contributed by atoms with Crippen LogP contribution in [-0.2, 0) is 38.0 Å². The molecule has 8 rings (SSSR count). The third kappa shape index (κ3) is 7.85. The van der Waals surface area contributed by atoms with E-state index in [2.05, 4.69) is 33.8 Å². The molecule has 0 aromatic carbocycles. The van der Waals surface area contributed by atoms with Crippen LogP contribution in [-0.4, -0.2) is 191 Å². The van der Waals surface area contributed by atoms with Crippen LogP contribution in [0.4, 0.5) is 0 Å². The Bertz CT molecular complexity index is 1920. The minimum Gasteiger partial charge on any atom is -0.481 e. The predicted molar refractivity (Wildman–Crippen MR) is 233 cm³/mol. The molecule has 0 amide bonds. The Kier molecular flexibility index (Phi) is 14.0. The van der Waals surface area contributed by atoms with Gasteiger partial charge in [-0.05, 0) is 106 Å². The fourth-order valence-electron chi connectivity index (χ4n) is 15.1. The maximum absolute atomic E-state index is 12.9. The molecule has 0 radical (unpaired) electrons. The molecule has 0 aromatic rings. The molecule has 0 unspecified atom stereocenters. The monoisotopic (exact) mass is 972 g/mol. The summed E-state index contributed by atoms with van der Waals surface area (Å²) in [5, 5.41) is 130. The largest absolute Gasteiger partial charge is 0.481 e. The third-order valence-corrected chi connectivity index (χ3v) is 19.8. The van der Waals surface area contributed by atoms with E-state index in [0.29, 0.717) is 25.7 Å². The number of allylic oxidation sites excluding steroid dienone is 2. The average molecular weight is 973 g/mol. The van der Waals surface area contributed by atoms with Crippen LogP contribution in [0.2, 0.25) is 0 Å². The summed E-state index contributed by atoms with van der Waals surface area (Å²) in [5.41, 5.74) is -2.01. The number of rotatable bonds is 10. The highest BCUT2D eigenvalue weighted by Crippen LogP contribution is 2.76. The van der Waals surface area contributed by atoms with Gasteiger partial charge in [-0.1, -0.05) is 46.3 Å². The van der Waals surface area contributed by atoms with Gasteiger partial charge in [-0.3, -0.25) is 4.79 Å². The van der Waals surface area contributed by atoms with E-state index in [-0.39, 0.29) is 47.0 Å². The first-order valence-electron chi connectivity index (χ1n) is 24.4. The van der Waals surface area contributed by atoms with Gasteiger partial charge in [-0.2, -0.15) is 0 Å². The molecular weight excluding hydrogens is 897 g/mol. The molecule has 388 valence electrons. The molecule has 3 saturated heterocycles. The van der Waals surface area contributed by atoms with Crippen LogP contribution in [0, 0.1) is 50.2 Å². The predicted octanol–water partition coefficient (Wildman–Crippen LogP) is -0.231. The van der Waals surface area contributed by atoms with Crippen LogP contribution in [0.5, 0.6) is 0 Å². The van der Waals surface area contributed by atoms with Gasteiger partial charge >= 0.3 is 11.9 Å². The number of aliphatic hydroxyl groups excluding tert-OH is 10. The van der Waals surface area contributed by atoms with Crippen molar-refractivity contribution >= 4 is 11.9 Å². The van der Waals surface area contributed by atoms with Crippen molar-refractivity contribution in [2.75, 3.05) is 13.2 Å². The Morgan fingerprint density at radius 1 is 0.662 bits per heavy atom. The van der Waals surface area contributed by atoms with E-state index in [4.69, 9.17) is 28.4 Å². The molecule has 20 heteroatoms. The lowest BCUT2D eigenvalue weighted by atomic mass is 9.33. The first-order valence-corrected chi connectivity index (χ1v) is 24.4. The van der Waals surface area contributed by atoms with E-state index in [9.17, 15) is 70.9 Å². The van der Waals surface area contributed by atoms with Gasteiger partial charge in [0.1, 0.15) is 61.0 Å². The SMILES string of the molecule is C[C@@H]1O[C@H](O[C@@H]2[C@@H](O[C@@H]3[C@@H](O)[C@H](O)[C@@H](O[C@H]4CC[C@@]5(C)[C@@H](CC[C@]6(C)[C@@H]5CC=C5[C@@H]7C[C@](C)(C(=O)O)C[C@@H](O)[C@]7(C)CC[C@]56C)[C@@]4(C)CO)O[C@H]3C(=O)O)O[C@@H](CO)[C@H](O)[C@H]2O)[C@@H](O)[C@H](O)[C@H]1O.